The quantitative estimate of drug-likeness (QED) is 0.532. The van der Waals surface area contributed by atoms with Crippen molar-refractivity contribution in [3.8, 4) is 0 Å². The van der Waals surface area contributed by atoms with Crippen LogP contribution < -0.4 is 5.32 Å². The Balaban J connectivity index is 0.000000263. The van der Waals surface area contributed by atoms with E-state index in [0.29, 0.717) is 12.1 Å². The number of hydrogen-bond donors (Lipinski definition) is 2. The molecule has 0 aromatic heterocycles. The second-order valence-corrected chi connectivity index (χ2v) is 6.85. The van der Waals surface area contributed by atoms with Gasteiger partial charge in [0.1, 0.15) is 0 Å². The monoisotopic (exact) mass is 435 g/mol. The number of alkyl halides is 6. The Bertz CT molecular complexity index is 651. The molecule has 2 aromatic rings. The van der Waals surface area contributed by atoms with Gasteiger partial charge in [0.05, 0.1) is 17.7 Å². The number of rotatable bonds is 2. The third-order valence-electron chi connectivity index (χ3n) is 4.51. The molecule has 2 nitrogen and oxygen atoms in total. The van der Waals surface area contributed by atoms with Gasteiger partial charge >= 0.3 is 12.4 Å². The van der Waals surface area contributed by atoms with E-state index >= 15 is 0 Å². The van der Waals surface area contributed by atoms with Crippen LogP contribution >= 0.6 is 0 Å². The first kappa shape index (κ1) is 26.0. The topological polar surface area (TPSA) is 32.3 Å². The molecule has 0 saturated heterocycles. The molecule has 1 fully saturated rings. The normalized spacial score (nSPS) is 14.8. The van der Waals surface area contributed by atoms with Crippen molar-refractivity contribution in [1.29, 1.82) is 0 Å². The first-order chi connectivity index (χ1) is 14.1. The van der Waals surface area contributed by atoms with E-state index in [1.807, 2.05) is 36.4 Å². The first-order valence-electron chi connectivity index (χ1n) is 9.64. The van der Waals surface area contributed by atoms with Crippen LogP contribution in [0.5, 0.6) is 0 Å². The largest absolute Gasteiger partial charge is 0.416 e. The fraction of sp³-hybridized carbons (Fsp3) is 0.455. The molecular formula is C22H27F6NO. The minimum Gasteiger partial charge on any atom is -0.392 e. The lowest BCUT2D eigenvalue weighted by Crippen LogP contribution is -2.26. The van der Waals surface area contributed by atoms with E-state index in [4.69, 9.17) is 5.11 Å². The van der Waals surface area contributed by atoms with E-state index in [1.165, 1.54) is 32.1 Å². The highest BCUT2D eigenvalue weighted by Crippen LogP contribution is 2.36. The van der Waals surface area contributed by atoms with Crippen LogP contribution in [0.2, 0.25) is 0 Å². The van der Waals surface area contributed by atoms with Crippen molar-refractivity contribution in [1.82, 2.24) is 5.32 Å². The van der Waals surface area contributed by atoms with E-state index in [0.717, 1.165) is 6.04 Å². The SMILES string of the molecule is CNC1CCCCC1.OCc1cc(C(F)(F)F)cc(C(F)(F)F)c1.c1ccccc1. The maximum atomic E-state index is 12.2. The molecule has 2 N–H and O–H groups in total. The Labute approximate surface area is 172 Å². The zero-order valence-corrected chi connectivity index (χ0v) is 16.7. The summed E-state index contributed by atoms with van der Waals surface area (Å²) in [4.78, 5) is 0. The summed E-state index contributed by atoms with van der Waals surface area (Å²) in [6.07, 6.45) is -2.61. The average Bonchev–Trinajstić information content (AvgIpc) is 2.75. The first-order valence-corrected chi connectivity index (χ1v) is 9.64. The van der Waals surface area contributed by atoms with Crippen molar-refractivity contribution < 1.29 is 31.4 Å². The van der Waals surface area contributed by atoms with E-state index in [-0.39, 0.29) is 6.07 Å². The second kappa shape index (κ2) is 12.6. The highest BCUT2D eigenvalue weighted by molar-refractivity contribution is 5.33. The molecular weight excluding hydrogens is 408 g/mol. The molecule has 0 amide bonds. The molecule has 1 aliphatic rings. The van der Waals surface area contributed by atoms with Crippen LogP contribution in [0.3, 0.4) is 0 Å². The maximum Gasteiger partial charge on any atom is 0.416 e. The number of nitrogens with one attached hydrogen (secondary N) is 1. The van der Waals surface area contributed by atoms with Gasteiger partial charge in [-0.2, -0.15) is 26.3 Å². The second-order valence-electron chi connectivity index (χ2n) is 6.85. The average molecular weight is 435 g/mol. The van der Waals surface area contributed by atoms with Crippen molar-refractivity contribution in [2.75, 3.05) is 7.05 Å². The Morgan fingerprint density at radius 2 is 1.17 bits per heavy atom. The van der Waals surface area contributed by atoms with Gasteiger partial charge in [-0.3, -0.25) is 0 Å². The molecule has 0 radical (unpaired) electrons. The van der Waals surface area contributed by atoms with E-state index < -0.39 is 35.6 Å². The van der Waals surface area contributed by atoms with E-state index in [9.17, 15) is 26.3 Å². The molecule has 1 aliphatic carbocycles. The number of halogens is 6. The highest BCUT2D eigenvalue weighted by atomic mass is 19.4. The molecule has 30 heavy (non-hydrogen) atoms. The lowest BCUT2D eigenvalue weighted by Gasteiger charge is -2.20. The Morgan fingerprint density at radius 1 is 0.767 bits per heavy atom. The molecule has 1 saturated carbocycles. The van der Waals surface area contributed by atoms with Crippen LogP contribution in [0.15, 0.2) is 54.6 Å². The van der Waals surface area contributed by atoms with Crippen LogP contribution in [-0.4, -0.2) is 18.2 Å². The lowest BCUT2D eigenvalue weighted by molar-refractivity contribution is -0.143. The number of hydrogen-bond acceptors (Lipinski definition) is 2. The summed E-state index contributed by atoms with van der Waals surface area (Å²) >= 11 is 0. The van der Waals surface area contributed by atoms with Gasteiger partial charge in [0.15, 0.2) is 0 Å². The minimum absolute atomic E-state index is 0.0131. The number of aliphatic hydroxyl groups excluding tert-OH is 1. The lowest BCUT2D eigenvalue weighted by atomic mass is 9.96. The molecule has 2 aromatic carbocycles. The summed E-state index contributed by atoms with van der Waals surface area (Å²) < 4.78 is 73.3. The Hall–Kier alpha value is -2.06. The zero-order valence-electron chi connectivity index (χ0n) is 16.7. The van der Waals surface area contributed by atoms with Gasteiger partial charge in [-0.15, -0.1) is 0 Å². The maximum absolute atomic E-state index is 12.2. The van der Waals surface area contributed by atoms with Crippen LogP contribution in [-0.2, 0) is 19.0 Å². The Morgan fingerprint density at radius 3 is 1.43 bits per heavy atom. The fourth-order valence-corrected chi connectivity index (χ4v) is 2.89. The standard InChI is InChI=1S/C9H6F6O.C7H15N.C6H6/c10-8(11,12)6-1-5(4-16)2-7(3-6)9(13,14)15;1-8-7-5-3-2-4-6-7;1-2-4-6-5-3-1/h1-3,16H,4H2;7-8H,2-6H2,1H3;1-6H. The number of aliphatic hydroxyl groups is 1. The molecule has 0 spiro atoms. The van der Waals surface area contributed by atoms with Gasteiger partial charge < -0.3 is 10.4 Å². The van der Waals surface area contributed by atoms with Gasteiger partial charge in [-0.1, -0.05) is 55.7 Å². The van der Waals surface area contributed by atoms with Crippen LogP contribution in [0.4, 0.5) is 26.3 Å². The van der Waals surface area contributed by atoms with Gasteiger partial charge in [-0.05, 0) is 43.7 Å². The van der Waals surface area contributed by atoms with Gasteiger partial charge in [0.25, 0.3) is 0 Å². The molecule has 0 unspecified atom stereocenters. The predicted octanol–water partition coefficient (Wildman–Crippen LogP) is 6.44. The van der Waals surface area contributed by atoms with E-state index in [1.54, 1.807) is 0 Å². The van der Waals surface area contributed by atoms with E-state index in [2.05, 4.69) is 12.4 Å². The number of benzene rings is 2. The summed E-state index contributed by atoms with van der Waals surface area (Å²) in [5.41, 5.74) is -3.28. The fourth-order valence-electron chi connectivity index (χ4n) is 2.89. The van der Waals surface area contributed by atoms with Gasteiger partial charge in [-0.25, -0.2) is 0 Å². The molecule has 0 bridgehead atoms. The summed E-state index contributed by atoms with van der Waals surface area (Å²) in [6, 6.07) is 13.8. The van der Waals surface area contributed by atoms with Crippen LogP contribution in [0.1, 0.15) is 48.8 Å². The molecule has 3 rings (SSSR count). The van der Waals surface area contributed by atoms with Gasteiger partial charge in [0.2, 0.25) is 0 Å². The Kier molecular flexibility index (Phi) is 10.9. The summed E-state index contributed by atoms with van der Waals surface area (Å²) in [5, 5.41) is 11.9. The van der Waals surface area contributed by atoms with Crippen molar-refractivity contribution in [2.24, 2.45) is 0 Å². The zero-order chi connectivity index (χ0) is 22.6. The third kappa shape index (κ3) is 10.1. The molecule has 0 aliphatic heterocycles. The van der Waals surface area contributed by atoms with Gasteiger partial charge in [0, 0.05) is 6.04 Å². The van der Waals surface area contributed by atoms with Crippen LogP contribution in [0, 0.1) is 0 Å². The minimum atomic E-state index is -4.87. The molecule has 0 heterocycles. The molecule has 8 heteroatoms. The summed E-state index contributed by atoms with van der Waals surface area (Å²) in [7, 11) is 2.07. The van der Waals surface area contributed by atoms with Crippen LogP contribution in [0.25, 0.3) is 0 Å². The smallest absolute Gasteiger partial charge is 0.392 e. The predicted molar refractivity (Wildman–Crippen MR) is 105 cm³/mol. The van der Waals surface area contributed by atoms with Crippen molar-refractivity contribution in [3.63, 3.8) is 0 Å². The summed E-state index contributed by atoms with van der Waals surface area (Å²) in [6.45, 7) is -0.882. The highest BCUT2D eigenvalue weighted by Gasteiger charge is 2.36. The molecule has 0 atom stereocenters. The molecule has 168 valence electrons. The summed E-state index contributed by atoms with van der Waals surface area (Å²) in [5.74, 6) is 0. The van der Waals surface area contributed by atoms with Crippen molar-refractivity contribution in [3.05, 3.63) is 71.3 Å². The third-order valence-corrected chi connectivity index (χ3v) is 4.51. The van der Waals surface area contributed by atoms with Crippen molar-refractivity contribution >= 4 is 0 Å². The van der Waals surface area contributed by atoms with Crippen molar-refractivity contribution in [2.45, 2.75) is 57.1 Å².